The van der Waals surface area contributed by atoms with Gasteiger partial charge >= 0.3 is 0 Å². The zero-order valence-electron chi connectivity index (χ0n) is 14.5. The lowest BCUT2D eigenvalue weighted by Crippen LogP contribution is -2.50. The molecule has 2 rings (SSSR count). The summed E-state index contributed by atoms with van der Waals surface area (Å²) in [5.41, 5.74) is 1.29. The van der Waals surface area contributed by atoms with Crippen molar-refractivity contribution in [2.24, 2.45) is 0 Å². The number of rotatable bonds is 5. The monoisotopic (exact) mass is 354 g/mol. The maximum atomic E-state index is 12.6. The van der Waals surface area contributed by atoms with Crippen LogP contribution in [-0.2, 0) is 14.8 Å². The van der Waals surface area contributed by atoms with E-state index in [1.165, 1.54) is 4.90 Å². The molecule has 0 bridgehead atoms. The normalized spacial score (nSPS) is 21.3. The largest absolute Gasteiger partial charge is 0.391 e. The van der Waals surface area contributed by atoms with Crippen LogP contribution in [-0.4, -0.2) is 56.3 Å². The number of hydrogen-bond acceptors (Lipinski definition) is 4. The van der Waals surface area contributed by atoms with Gasteiger partial charge in [-0.1, -0.05) is 31.0 Å². The second-order valence-corrected chi connectivity index (χ2v) is 8.39. The molecule has 0 spiro atoms. The van der Waals surface area contributed by atoms with Crippen LogP contribution in [0.3, 0.4) is 0 Å². The Bertz CT molecular complexity index is 690. The number of amides is 1. The molecule has 1 aromatic rings. The molecule has 134 valence electrons. The van der Waals surface area contributed by atoms with Crippen LogP contribution in [0.25, 0.3) is 0 Å². The van der Waals surface area contributed by atoms with Crippen molar-refractivity contribution in [1.29, 1.82) is 0 Å². The van der Waals surface area contributed by atoms with Crippen LogP contribution in [0.15, 0.2) is 24.3 Å². The highest BCUT2D eigenvalue weighted by molar-refractivity contribution is 7.92. The van der Waals surface area contributed by atoms with Gasteiger partial charge in [-0.25, -0.2) is 8.42 Å². The first-order valence-corrected chi connectivity index (χ1v) is 10.0. The topological polar surface area (TPSA) is 77.9 Å². The Balaban J connectivity index is 2.21. The van der Waals surface area contributed by atoms with Crippen molar-refractivity contribution in [1.82, 2.24) is 4.90 Å². The lowest BCUT2D eigenvalue weighted by atomic mass is 9.91. The molecule has 2 unspecified atom stereocenters. The van der Waals surface area contributed by atoms with E-state index in [1.807, 2.05) is 19.1 Å². The fourth-order valence-electron chi connectivity index (χ4n) is 3.19. The minimum Gasteiger partial charge on any atom is -0.391 e. The van der Waals surface area contributed by atoms with Crippen molar-refractivity contribution in [3.05, 3.63) is 29.8 Å². The molecule has 6 nitrogen and oxygen atoms in total. The van der Waals surface area contributed by atoms with E-state index < -0.39 is 16.1 Å². The second-order valence-electron chi connectivity index (χ2n) is 6.48. The molecule has 1 aromatic carbocycles. The molecule has 0 aliphatic heterocycles. The van der Waals surface area contributed by atoms with Gasteiger partial charge in [0.1, 0.15) is 6.54 Å². The third-order valence-electron chi connectivity index (χ3n) is 4.65. The maximum absolute atomic E-state index is 12.6. The molecule has 1 fully saturated rings. The molecule has 1 saturated carbocycles. The molecule has 0 radical (unpaired) electrons. The number of carbonyl (C=O) groups excluding carboxylic acids is 1. The van der Waals surface area contributed by atoms with Crippen molar-refractivity contribution in [2.45, 2.75) is 44.8 Å². The summed E-state index contributed by atoms with van der Waals surface area (Å²) < 4.78 is 25.5. The van der Waals surface area contributed by atoms with Crippen LogP contribution in [0, 0.1) is 6.92 Å². The average molecular weight is 354 g/mol. The number of anilines is 1. The minimum absolute atomic E-state index is 0.246. The van der Waals surface area contributed by atoms with Gasteiger partial charge in [0, 0.05) is 7.05 Å². The summed E-state index contributed by atoms with van der Waals surface area (Å²) in [6.45, 7) is 1.55. The Morgan fingerprint density at radius 2 is 1.88 bits per heavy atom. The van der Waals surface area contributed by atoms with Gasteiger partial charge in [-0.2, -0.15) is 0 Å². The summed E-state index contributed by atoms with van der Waals surface area (Å²) in [7, 11) is -1.95. The third-order valence-corrected chi connectivity index (χ3v) is 5.77. The van der Waals surface area contributed by atoms with Crippen LogP contribution in [0.5, 0.6) is 0 Å². The molecule has 1 N–H and O–H groups in total. The SMILES string of the molecule is Cc1ccccc1N(CC(=O)N(C)C1CCCCC1O)S(C)(=O)=O. The summed E-state index contributed by atoms with van der Waals surface area (Å²) in [6, 6.07) is 6.83. The van der Waals surface area contributed by atoms with Crippen LogP contribution in [0.1, 0.15) is 31.2 Å². The number of aryl methyl sites for hydroxylation is 1. The van der Waals surface area contributed by atoms with Crippen molar-refractivity contribution < 1.29 is 18.3 Å². The highest BCUT2D eigenvalue weighted by atomic mass is 32.2. The first kappa shape index (κ1) is 18.7. The van der Waals surface area contributed by atoms with Gasteiger partial charge < -0.3 is 10.0 Å². The Morgan fingerprint density at radius 1 is 1.25 bits per heavy atom. The predicted molar refractivity (Wildman–Crippen MR) is 94.4 cm³/mol. The molecule has 0 saturated heterocycles. The zero-order chi connectivity index (χ0) is 17.9. The van der Waals surface area contributed by atoms with Crippen molar-refractivity contribution >= 4 is 21.6 Å². The molecule has 7 heteroatoms. The molecular formula is C17H26N2O4S. The van der Waals surface area contributed by atoms with Crippen molar-refractivity contribution in [2.75, 3.05) is 24.2 Å². The number of aliphatic hydroxyl groups excluding tert-OH is 1. The first-order valence-electron chi connectivity index (χ1n) is 8.19. The number of hydrogen-bond donors (Lipinski definition) is 1. The number of carbonyl (C=O) groups is 1. The van der Waals surface area contributed by atoms with Crippen LogP contribution >= 0.6 is 0 Å². The van der Waals surface area contributed by atoms with E-state index in [9.17, 15) is 18.3 Å². The van der Waals surface area contributed by atoms with Gasteiger partial charge in [-0.15, -0.1) is 0 Å². The number of nitrogens with zero attached hydrogens (tertiary/aromatic N) is 2. The molecule has 1 aliphatic rings. The van der Waals surface area contributed by atoms with Gasteiger partial charge in [0.05, 0.1) is 24.1 Å². The van der Waals surface area contributed by atoms with E-state index >= 15 is 0 Å². The van der Waals surface area contributed by atoms with E-state index in [2.05, 4.69) is 0 Å². The molecular weight excluding hydrogens is 328 g/mol. The number of benzene rings is 1. The Hall–Kier alpha value is -1.60. The average Bonchev–Trinajstić information content (AvgIpc) is 2.52. The molecule has 1 amide bonds. The summed E-state index contributed by atoms with van der Waals surface area (Å²) >= 11 is 0. The molecule has 24 heavy (non-hydrogen) atoms. The highest BCUT2D eigenvalue weighted by Gasteiger charge is 2.31. The smallest absolute Gasteiger partial charge is 0.243 e. The van der Waals surface area contributed by atoms with Crippen molar-refractivity contribution in [3.63, 3.8) is 0 Å². The quantitative estimate of drug-likeness (QED) is 0.870. The second kappa shape index (κ2) is 7.53. The van der Waals surface area contributed by atoms with Crippen LogP contribution in [0.4, 0.5) is 5.69 Å². The van der Waals surface area contributed by atoms with Crippen LogP contribution < -0.4 is 4.31 Å². The minimum atomic E-state index is -3.59. The fraction of sp³-hybridized carbons (Fsp3) is 0.588. The highest BCUT2D eigenvalue weighted by Crippen LogP contribution is 2.25. The van der Waals surface area contributed by atoms with E-state index in [-0.39, 0.29) is 18.5 Å². The number of sulfonamides is 1. The van der Waals surface area contributed by atoms with Gasteiger partial charge in [0.15, 0.2) is 0 Å². The zero-order valence-corrected chi connectivity index (χ0v) is 15.3. The van der Waals surface area contributed by atoms with Gasteiger partial charge in [0.2, 0.25) is 15.9 Å². The molecule has 2 atom stereocenters. The van der Waals surface area contributed by atoms with Crippen LogP contribution in [0.2, 0.25) is 0 Å². The molecule has 1 aliphatic carbocycles. The Kier molecular flexibility index (Phi) is 5.87. The third kappa shape index (κ3) is 4.27. The number of likely N-dealkylation sites (N-methyl/N-ethyl adjacent to an activating group) is 1. The standard InChI is InChI=1S/C17H26N2O4S/c1-13-8-4-5-9-14(13)19(24(3,22)23)12-17(21)18(2)15-10-6-7-11-16(15)20/h4-5,8-9,15-16,20H,6-7,10-12H2,1-3H3. The Morgan fingerprint density at radius 3 is 2.46 bits per heavy atom. The Labute approximate surface area is 144 Å². The van der Waals surface area contributed by atoms with Gasteiger partial charge in [-0.3, -0.25) is 9.10 Å². The number of aliphatic hydroxyl groups is 1. The summed E-state index contributed by atoms with van der Waals surface area (Å²) in [4.78, 5) is 14.1. The van der Waals surface area contributed by atoms with E-state index in [0.717, 1.165) is 35.4 Å². The maximum Gasteiger partial charge on any atom is 0.243 e. The molecule has 0 heterocycles. The predicted octanol–water partition coefficient (Wildman–Crippen LogP) is 1.52. The van der Waals surface area contributed by atoms with E-state index in [4.69, 9.17) is 0 Å². The lowest BCUT2D eigenvalue weighted by Gasteiger charge is -2.36. The van der Waals surface area contributed by atoms with E-state index in [1.54, 1.807) is 19.2 Å². The lowest BCUT2D eigenvalue weighted by molar-refractivity contribution is -0.133. The van der Waals surface area contributed by atoms with E-state index in [0.29, 0.717) is 12.1 Å². The van der Waals surface area contributed by atoms with Gasteiger partial charge in [-0.05, 0) is 31.4 Å². The summed E-state index contributed by atoms with van der Waals surface area (Å²) in [5.74, 6) is -0.311. The first-order chi connectivity index (χ1) is 11.2. The van der Waals surface area contributed by atoms with Gasteiger partial charge in [0.25, 0.3) is 0 Å². The summed E-state index contributed by atoms with van der Waals surface area (Å²) in [5, 5.41) is 10.1. The van der Waals surface area contributed by atoms with Crippen molar-refractivity contribution in [3.8, 4) is 0 Å². The fourth-order valence-corrected chi connectivity index (χ4v) is 4.09. The number of para-hydroxylation sites is 1. The summed E-state index contributed by atoms with van der Waals surface area (Å²) in [6.07, 6.45) is 3.90. The molecule has 0 aromatic heterocycles.